The second-order valence-electron chi connectivity index (χ2n) is 5.02. The van der Waals surface area contributed by atoms with Crippen molar-refractivity contribution in [3.8, 4) is 0 Å². The molecule has 0 radical (unpaired) electrons. The van der Waals surface area contributed by atoms with E-state index in [1.54, 1.807) is 11.8 Å². The van der Waals surface area contributed by atoms with Gasteiger partial charge in [-0.3, -0.25) is 4.57 Å². The first-order chi connectivity index (χ1) is 11.1. The molecule has 3 nitrogen and oxygen atoms in total. The van der Waals surface area contributed by atoms with Crippen LogP contribution in [0.1, 0.15) is 16.7 Å². The van der Waals surface area contributed by atoms with E-state index in [1.807, 2.05) is 24.3 Å². The van der Waals surface area contributed by atoms with E-state index in [9.17, 15) is 13.3 Å². The normalized spacial score (nSPS) is 12.4. The summed E-state index contributed by atoms with van der Waals surface area (Å²) in [4.78, 5) is 17.6. The number of benzene rings is 2. The Kier molecular flexibility index (Phi) is 6.89. The van der Waals surface area contributed by atoms with Gasteiger partial charge >= 0.3 is 13.3 Å². The molecule has 0 amide bonds. The van der Waals surface area contributed by atoms with Gasteiger partial charge in [0.25, 0.3) is 0 Å². The highest BCUT2D eigenvalue weighted by molar-refractivity contribution is 14.1. The Morgan fingerprint density at radius 2 is 1.62 bits per heavy atom. The highest BCUT2D eigenvalue weighted by atomic mass is 127. The van der Waals surface area contributed by atoms with Gasteiger partial charge in [-0.15, -0.1) is 0 Å². The van der Waals surface area contributed by atoms with Crippen LogP contribution in [0.5, 0.6) is 0 Å². The van der Waals surface area contributed by atoms with Crippen LogP contribution in [0, 0.1) is 3.57 Å². The van der Waals surface area contributed by atoms with Crippen LogP contribution < -0.4 is 0 Å². The molecule has 2 aromatic carbocycles. The largest absolute Gasteiger partial charge is 0.399 e. The molecule has 130 valence electrons. The van der Waals surface area contributed by atoms with Crippen LogP contribution >= 0.6 is 57.9 Å². The third kappa shape index (κ3) is 5.02. The lowest BCUT2D eigenvalue weighted by Crippen LogP contribution is -2.14. The molecule has 0 atom stereocenters. The Morgan fingerprint density at radius 1 is 1.08 bits per heavy atom. The van der Waals surface area contributed by atoms with Gasteiger partial charge < -0.3 is 9.79 Å². The number of alkyl halides is 2. The van der Waals surface area contributed by atoms with Crippen LogP contribution in [-0.4, -0.2) is 9.79 Å². The SMILES string of the molecule is O=P(O)(O)C(F)(F)c1ccc(CSCc2ccc(I)cc2)cc1Br. The van der Waals surface area contributed by atoms with Gasteiger partial charge in [0.1, 0.15) is 0 Å². The van der Waals surface area contributed by atoms with Crippen LogP contribution in [0.4, 0.5) is 8.78 Å². The van der Waals surface area contributed by atoms with Crippen molar-refractivity contribution in [1.82, 2.24) is 0 Å². The Labute approximate surface area is 164 Å². The van der Waals surface area contributed by atoms with Crippen molar-refractivity contribution in [2.24, 2.45) is 0 Å². The summed E-state index contributed by atoms with van der Waals surface area (Å²) >= 11 is 6.85. The molecule has 0 unspecified atom stereocenters. The summed E-state index contributed by atoms with van der Waals surface area (Å²) in [6.45, 7) is 0. The van der Waals surface area contributed by atoms with E-state index in [-0.39, 0.29) is 4.47 Å². The molecule has 0 heterocycles. The minimum absolute atomic E-state index is 0.0109. The summed E-state index contributed by atoms with van der Waals surface area (Å²) in [5.41, 5.74) is -2.95. The molecule has 0 aliphatic carbocycles. The van der Waals surface area contributed by atoms with E-state index in [2.05, 4.69) is 38.5 Å². The lowest BCUT2D eigenvalue weighted by Gasteiger charge is -2.19. The fraction of sp³-hybridized carbons (Fsp3) is 0.200. The quantitative estimate of drug-likeness (QED) is 0.358. The first kappa shape index (κ1) is 20.3. The molecule has 0 saturated heterocycles. The Balaban J connectivity index is 2.04. The Bertz CT molecular complexity index is 768. The highest BCUT2D eigenvalue weighted by Crippen LogP contribution is 2.60. The minimum atomic E-state index is -5.57. The van der Waals surface area contributed by atoms with Crippen molar-refractivity contribution in [3.63, 3.8) is 0 Å². The first-order valence-corrected chi connectivity index (χ1v) is 11.3. The molecule has 2 N–H and O–H groups in total. The first-order valence-electron chi connectivity index (χ1n) is 6.66. The lowest BCUT2D eigenvalue weighted by atomic mass is 10.1. The van der Waals surface area contributed by atoms with Gasteiger partial charge in [-0.1, -0.05) is 40.2 Å². The average Bonchev–Trinajstić information content (AvgIpc) is 2.48. The van der Waals surface area contributed by atoms with Gasteiger partial charge in [-0.05, 0) is 51.9 Å². The molecular formula is C15H13BrF2IO3PS. The molecule has 0 fully saturated rings. The van der Waals surface area contributed by atoms with E-state index in [4.69, 9.17) is 9.79 Å². The minimum Gasteiger partial charge on any atom is -0.320 e. The second-order valence-corrected chi connectivity index (χ2v) is 9.75. The fourth-order valence-electron chi connectivity index (χ4n) is 1.92. The van der Waals surface area contributed by atoms with Gasteiger partial charge in [-0.2, -0.15) is 20.5 Å². The third-order valence-electron chi connectivity index (χ3n) is 3.17. The average molecular weight is 549 g/mol. The van der Waals surface area contributed by atoms with Crippen LogP contribution in [-0.2, 0) is 21.7 Å². The monoisotopic (exact) mass is 548 g/mol. The summed E-state index contributed by atoms with van der Waals surface area (Å²) in [5.74, 6) is 1.39. The predicted octanol–water partition coefficient (Wildman–Crippen LogP) is 5.71. The summed E-state index contributed by atoms with van der Waals surface area (Å²) in [5, 5.41) is 0. The smallest absolute Gasteiger partial charge is 0.320 e. The summed E-state index contributed by atoms with van der Waals surface area (Å²) in [7, 11) is -5.57. The van der Waals surface area contributed by atoms with Gasteiger partial charge in [0.2, 0.25) is 0 Å². The molecule has 0 aliphatic rings. The zero-order chi connectivity index (χ0) is 18.0. The van der Waals surface area contributed by atoms with Gasteiger partial charge in [0, 0.05) is 25.1 Å². The summed E-state index contributed by atoms with van der Waals surface area (Å²) in [6.07, 6.45) is 0. The molecule has 2 aromatic rings. The molecule has 0 saturated carbocycles. The van der Waals surface area contributed by atoms with Crippen molar-refractivity contribution in [2.75, 3.05) is 0 Å². The molecule has 0 spiro atoms. The van der Waals surface area contributed by atoms with Crippen molar-refractivity contribution in [3.05, 3.63) is 67.2 Å². The van der Waals surface area contributed by atoms with E-state index < -0.39 is 18.8 Å². The predicted molar refractivity (Wildman–Crippen MR) is 104 cm³/mol. The number of halogens is 4. The lowest BCUT2D eigenvalue weighted by molar-refractivity contribution is 0.0557. The van der Waals surface area contributed by atoms with Crippen molar-refractivity contribution < 1.29 is 23.1 Å². The zero-order valence-electron chi connectivity index (χ0n) is 12.1. The molecule has 2 rings (SSSR count). The maximum Gasteiger partial charge on any atom is 0.399 e. The van der Waals surface area contributed by atoms with Gasteiger partial charge in [0.05, 0.1) is 0 Å². The van der Waals surface area contributed by atoms with E-state index in [0.717, 1.165) is 21.0 Å². The topological polar surface area (TPSA) is 57.5 Å². The van der Waals surface area contributed by atoms with Crippen LogP contribution in [0.25, 0.3) is 0 Å². The number of thioether (sulfide) groups is 1. The van der Waals surface area contributed by atoms with Gasteiger partial charge in [-0.25, -0.2) is 0 Å². The van der Waals surface area contributed by atoms with E-state index in [0.29, 0.717) is 5.75 Å². The molecule has 24 heavy (non-hydrogen) atoms. The Hall–Kier alpha value is 0.01000. The standard InChI is InChI=1S/C15H13BrF2IO3PS/c16-14-7-11(3-6-13(14)15(17,18)23(20,21)22)9-24-8-10-1-4-12(19)5-2-10/h1-7H,8-9H2,(H2,20,21,22). The van der Waals surface area contributed by atoms with E-state index >= 15 is 0 Å². The van der Waals surface area contributed by atoms with Crippen LogP contribution in [0.3, 0.4) is 0 Å². The van der Waals surface area contributed by atoms with Crippen molar-refractivity contribution >= 4 is 57.9 Å². The molecule has 0 aromatic heterocycles. The van der Waals surface area contributed by atoms with E-state index in [1.165, 1.54) is 17.7 Å². The van der Waals surface area contributed by atoms with Crippen LogP contribution in [0.2, 0.25) is 0 Å². The maximum absolute atomic E-state index is 13.8. The third-order valence-corrected chi connectivity index (χ3v) is 6.60. The number of hydrogen-bond acceptors (Lipinski definition) is 2. The molecule has 9 heteroatoms. The molecule has 0 bridgehead atoms. The van der Waals surface area contributed by atoms with Crippen molar-refractivity contribution in [1.29, 1.82) is 0 Å². The maximum atomic E-state index is 13.8. The zero-order valence-corrected chi connectivity index (χ0v) is 17.6. The molecular weight excluding hydrogens is 536 g/mol. The van der Waals surface area contributed by atoms with Crippen LogP contribution in [0.15, 0.2) is 46.9 Å². The second kappa shape index (κ2) is 8.14. The highest BCUT2D eigenvalue weighted by Gasteiger charge is 2.51. The summed E-state index contributed by atoms with van der Waals surface area (Å²) in [6, 6.07) is 12.1. The number of rotatable bonds is 6. The molecule has 0 aliphatic heterocycles. The summed E-state index contributed by atoms with van der Waals surface area (Å²) < 4.78 is 39.6. The number of hydrogen-bond donors (Lipinski definition) is 2. The fourth-order valence-corrected chi connectivity index (χ4v) is 4.56. The van der Waals surface area contributed by atoms with Gasteiger partial charge in [0.15, 0.2) is 0 Å². The Morgan fingerprint density at radius 3 is 2.17 bits per heavy atom. The van der Waals surface area contributed by atoms with Crippen molar-refractivity contribution in [2.45, 2.75) is 17.2 Å².